The van der Waals surface area contributed by atoms with Gasteiger partial charge in [-0.25, -0.2) is 0 Å². The summed E-state index contributed by atoms with van der Waals surface area (Å²) in [6.45, 7) is 0. The smallest absolute Gasteiger partial charge is 0.0555 e. The highest BCUT2D eigenvalue weighted by Crippen LogP contribution is 2.45. The molecule has 0 N–H and O–H groups in total. The second-order valence-corrected chi connectivity index (χ2v) is 16.4. The molecule has 0 atom stereocenters. The molecule has 0 saturated carbocycles. The van der Waals surface area contributed by atoms with Gasteiger partial charge in [-0.1, -0.05) is 121 Å². The lowest BCUT2D eigenvalue weighted by atomic mass is 9.99. The van der Waals surface area contributed by atoms with E-state index in [0.29, 0.717) is 0 Å². The number of hydrogen-bond acceptors (Lipinski definition) is 1. The Morgan fingerprint density at radius 3 is 1.29 bits per heavy atom. The van der Waals surface area contributed by atoms with Gasteiger partial charge in [0, 0.05) is 63.9 Å². The van der Waals surface area contributed by atoms with Crippen LogP contribution in [0.5, 0.6) is 0 Å². The molecule has 58 heavy (non-hydrogen) atoms. The second kappa shape index (κ2) is 12.1. The summed E-state index contributed by atoms with van der Waals surface area (Å²) in [6, 6.07) is 73.6. The Kier molecular flexibility index (Phi) is 6.60. The summed E-state index contributed by atoms with van der Waals surface area (Å²) < 4.78 is 9.96. The van der Waals surface area contributed by atoms with Crippen molar-refractivity contribution < 1.29 is 0 Å². The van der Waals surface area contributed by atoms with Crippen molar-refractivity contribution >= 4 is 96.9 Å². The van der Waals surface area contributed by atoms with Crippen molar-refractivity contribution in [2.24, 2.45) is 0 Å². The van der Waals surface area contributed by atoms with Crippen molar-refractivity contribution in [2.75, 3.05) is 0 Å². The van der Waals surface area contributed by atoms with Crippen molar-refractivity contribution in [1.29, 1.82) is 0 Å². The molecular formula is C54H33N3S. The van der Waals surface area contributed by atoms with E-state index in [9.17, 15) is 0 Å². The van der Waals surface area contributed by atoms with E-state index in [1.54, 1.807) is 0 Å². The van der Waals surface area contributed by atoms with Gasteiger partial charge < -0.3 is 13.7 Å². The average molecular weight is 756 g/mol. The average Bonchev–Trinajstić information content (AvgIpc) is 4.03. The predicted molar refractivity (Wildman–Crippen MR) is 248 cm³/mol. The lowest BCUT2D eigenvalue weighted by molar-refractivity contribution is 1.16. The SMILES string of the molecule is c1ccc(-c2cccc3sc4cccc(-n5c6ccccc6c6cc(-n7c8ccccc8c8cc(-n9c%10ccccc%10c%10ccccc%109)ccc87)ccc65)c4c23)cc1. The summed E-state index contributed by atoms with van der Waals surface area (Å²) in [4.78, 5) is 0. The zero-order valence-electron chi connectivity index (χ0n) is 31.3. The summed E-state index contributed by atoms with van der Waals surface area (Å²) in [5.41, 5.74) is 13.3. The minimum absolute atomic E-state index is 1.15. The van der Waals surface area contributed by atoms with Gasteiger partial charge in [0.25, 0.3) is 0 Å². The van der Waals surface area contributed by atoms with Crippen molar-refractivity contribution in [3.63, 3.8) is 0 Å². The van der Waals surface area contributed by atoms with Crippen LogP contribution in [0.1, 0.15) is 0 Å². The lowest BCUT2D eigenvalue weighted by Crippen LogP contribution is -1.97. The first-order valence-corrected chi connectivity index (χ1v) is 20.7. The highest BCUT2D eigenvalue weighted by Gasteiger charge is 2.21. The molecule has 0 aliphatic carbocycles. The van der Waals surface area contributed by atoms with Crippen molar-refractivity contribution in [2.45, 2.75) is 0 Å². The number of hydrogen-bond donors (Lipinski definition) is 0. The molecule has 0 saturated heterocycles. The standard InChI is InChI=1S/C54H33N3S/c1-2-14-34(15-3-1)37-20-12-26-51-53(37)54-50(25-13-27-52(54)58-51)57-47-24-11-7-19-41(47)43-33-36(29-31-49(43)57)56-46-23-10-6-18-40(46)42-32-35(28-30-48(42)56)55-44-21-8-4-16-38(44)39-17-5-9-22-45(39)55/h1-33H. The molecule has 0 spiro atoms. The molecule has 0 unspecified atom stereocenters. The topological polar surface area (TPSA) is 14.8 Å². The highest BCUT2D eigenvalue weighted by atomic mass is 32.1. The molecule has 0 amide bonds. The number of fused-ring (bicyclic) bond motifs is 12. The molecule has 270 valence electrons. The Morgan fingerprint density at radius 2 is 0.724 bits per heavy atom. The fraction of sp³-hybridized carbons (Fsp3) is 0. The number of nitrogens with zero attached hydrogens (tertiary/aromatic N) is 3. The molecule has 0 fully saturated rings. The molecule has 13 rings (SSSR count). The van der Waals surface area contributed by atoms with Crippen LogP contribution in [0.4, 0.5) is 0 Å². The van der Waals surface area contributed by atoms with E-state index >= 15 is 0 Å². The largest absolute Gasteiger partial charge is 0.309 e. The summed E-state index contributed by atoms with van der Waals surface area (Å²) >= 11 is 1.88. The summed E-state index contributed by atoms with van der Waals surface area (Å²) in [5, 5.41) is 10.1. The first-order valence-electron chi connectivity index (χ1n) is 19.9. The fourth-order valence-electron chi connectivity index (χ4n) is 9.83. The number of benzene rings is 9. The van der Waals surface area contributed by atoms with Crippen LogP contribution < -0.4 is 0 Å². The van der Waals surface area contributed by atoms with Crippen LogP contribution >= 0.6 is 11.3 Å². The van der Waals surface area contributed by atoms with Gasteiger partial charge in [-0.3, -0.25) is 0 Å². The van der Waals surface area contributed by atoms with E-state index in [2.05, 4.69) is 214 Å². The van der Waals surface area contributed by atoms with Crippen molar-refractivity contribution in [3.8, 4) is 28.2 Å². The van der Waals surface area contributed by atoms with Crippen LogP contribution in [0, 0.1) is 0 Å². The molecule has 9 aromatic carbocycles. The Morgan fingerprint density at radius 1 is 0.293 bits per heavy atom. The van der Waals surface area contributed by atoms with Crippen LogP contribution in [-0.4, -0.2) is 13.7 Å². The molecule has 0 aliphatic rings. The van der Waals surface area contributed by atoms with E-state index in [1.165, 1.54) is 102 Å². The van der Waals surface area contributed by atoms with Crippen LogP contribution in [0.3, 0.4) is 0 Å². The van der Waals surface area contributed by atoms with Crippen LogP contribution in [-0.2, 0) is 0 Å². The molecular weight excluding hydrogens is 723 g/mol. The number of rotatable bonds is 4. The normalized spacial score (nSPS) is 12.1. The van der Waals surface area contributed by atoms with Gasteiger partial charge in [0.1, 0.15) is 0 Å². The zero-order chi connectivity index (χ0) is 37.9. The molecule has 0 bridgehead atoms. The molecule has 4 heteroatoms. The highest BCUT2D eigenvalue weighted by molar-refractivity contribution is 7.26. The van der Waals surface area contributed by atoms with Crippen LogP contribution in [0.15, 0.2) is 200 Å². The molecule has 13 aromatic rings. The van der Waals surface area contributed by atoms with Gasteiger partial charge in [-0.15, -0.1) is 11.3 Å². The molecule has 0 radical (unpaired) electrons. The minimum atomic E-state index is 1.15. The van der Waals surface area contributed by atoms with Gasteiger partial charge in [-0.2, -0.15) is 0 Å². The Bertz CT molecular complexity index is 3750. The molecule has 0 aliphatic heterocycles. The molecule has 3 nitrogen and oxygen atoms in total. The first-order chi connectivity index (χ1) is 28.8. The maximum absolute atomic E-state index is 2.49. The third-order valence-corrected chi connectivity index (χ3v) is 13.4. The summed E-state index contributed by atoms with van der Waals surface area (Å²) in [5.74, 6) is 0. The van der Waals surface area contributed by atoms with Gasteiger partial charge in [-0.05, 0) is 90.0 Å². The van der Waals surface area contributed by atoms with Gasteiger partial charge in [0.05, 0.1) is 38.8 Å². The Balaban J connectivity index is 1.05. The second-order valence-electron chi connectivity index (χ2n) is 15.3. The monoisotopic (exact) mass is 755 g/mol. The maximum Gasteiger partial charge on any atom is 0.0555 e. The molecule has 4 heterocycles. The van der Waals surface area contributed by atoms with Gasteiger partial charge in [0.15, 0.2) is 0 Å². The minimum Gasteiger partial charge on any atom is -0.309 e. The summed E-state index contributed by atoms with van der Waals surface area (Å²) in [6.07, 6.45) is 0. The van der Waals surface area contributed by atoms with Crippen LogP contribution in [0.2, 0.25) is 0 Å². The van der Waals surface area contributed by atoms with E-state index in [4.69, 9.17) is 0 Å². The van der Waals surface area contributed by atoms with Gasteiger partial charge in [0.2, 0.25) is 0 Å². The predicted octanol–water partition coefficient (Wildman–Crippen LogP) is 15.0. The van der Waals surface area contributed by atoms with Crippen molar-refractivity contribution in [1.82, 2.24) is 13.7 Å². The van der Waals surface area contributed by atoms with Crippen LogP contribution in [0.25, 0.3) is 114 Å². The summed E-state index contributed by atoms with van der Waals surface area (Å²) in [7, 11) is 0. The van der Waals surface area contributed by atoms with E-state index < -0.39 is 0 Å². The third-order valence-electron chi connectivity index (χ3n) is 12.2. The number of para-hydroxylation sites is 4. The Labute approximate surface area is 337 Å². The van der Waals surface area contributed by atoms with E-state index in [1.807, 2.05) is 11.3 Å². The number of aromatic nitrogens is 3. The number of thiophene rings is 1. The zero-order valence-corrected chi connectivity index (χ0v) is 32.1. The maximum atomic E-state index is 2.49. The quantitative estimate of drug-likeness (QED) is 0.170. The van der Waals surface area contributed by atoms with E-state index in [0.717, 1.165) is 11.4 Å². The Hall–Kier alpha value is -7.40. The molecule has 4 aromatic heterocycles. The van der Waals surface area contributed by atoms with E-state index in [-0.39, 0.29) is 0 Å². The lowest BCUT2D eigenvalue weighted by Gasteiger charge is -2.13. The first kappa shape index (κ1) is 31.8. The van der Waals surface area contributed by atoms with Crippen molar-refractivity contribution in [3.05, 3.63) is 200 Å². The third kappa shape index (κ3) is 4.38. The fourth-order valence-corrected chi connectivity index (χ4v) is 11.0. The van der Waals surface area contributed by atoms with Gasteiger partial charge >= 0.3 is 0 Å².